The average molecular weight is 287 g/mol. The average Bonchev–Trinajstić information content (AvgIpc) is 2.46. The Bertz CT molecular complexity index is 806. The van der Waals surface area contributed by atoms with Crippen molar-refractivity contribution in [2.24, 2.45) is 0 Å². The first-order chi connectivity index (χ1) is 9.95. The van der Waals surface area contributed by atoms with Gasteiger partial charge in [-0.05, 0) is 46.2 Å². The van der Waals surface area contributed by atoms with E-state index >= 15 is 0 Å². The van der Waals surface area contributed by atoms with E-state index in [1.165, 1.54) is 12.1 Å². The first-order valence-corrected chi connectivity index (χ1v) is 6.41. The molecular formula is C17H12F3N. The molecular weight excluding hydrogens is 275 g/mol. The third-order valence-electron chi connectivity index (χ3n) is 3.41. The highest BCUT2D eigenvalue weighted by molar-refractivity contribution is 5.89. The summed E-state index contributed by atoms with van der Waals surface area (Å²) in [5, 5.41) is 1.77. The number of fused-ring (bicyclic) bond motifs is 1. The Morgan fingerprint density at radius 3 is 2.19 bits per heavy atom. The minimum absolute atomic E-state index is 0.184. The number of nitrogen functional groups attached to an aromatic ring is 1. The fraction of sp³-hybridized carbons (Fsp3) is 0.0588. The molecule has 0 bridgehead atoms. The van der Waals surface area contributed by atoms with E-state index in [9.17, 15) is 13.2 Å². The van der Waals surface area contributed by atoms with E-state index in [2.05, 4.69) is 0 Å². The number of nitrogens with two attached hydrogens (primary N) is 1. The zero-order valence-corrected chi connectivity index (χ0v) is 11.0. The van der Waals surface area contributed by atoms with Crippen molar-refractivity contribution in [3.8, 4) is 11.1 Å². The molecule has 0 spiro atoms. The maximum atomic E-state index is 13.1. The molecule has 1 nitrogen and oxygen atoms in total. The first-order valence-electron chi connectivity index (χ1n) is 6.41. The van der Waals surface area contributed by atoms with E-state index < -0.39 is 11.7 Å². The molecule has 0 fully saturated rings. The predicted octanol–water partition coefficient (Wildman–Crippen LogP) is 5.11. The highest BCUT2D eigenvalue weighted by Crippen LogP contribution is 2.37. The lowest BCUT2D eigenvalue weighted by Gasteiger charge is -2.13. The molecule has 3 rings (SSSR count). The quantitative estimate of drug-likeness (QED) is 0.618. The van der Waals surface area contributed by atoms with Crippen molar-refractivity contribution in [2.45, 2.75) is 6.18 Å². The minimum Gasteiger partial charge on any atom is -0.399 e. The van der Waals surface area contributed by atoms with Crippen LogP contribution in [0.5, 0.6) is 0 Å². The van der Waals surface area contributed by atoms with Crippen molar-refractivity contribution >= 4 is 16.5 Å². The van der Waals surface area contributed by atoms with Crippen LogP contribution in [-0.4, -0.2) is 0 Å². The van der Waals surface area contributed by atoms with E-state index in [0.717, 1.165) is 16.8 Å². The fourth-order valence-corrected chi connectivity index (χ4v) is 2.41. The Labute approximate surface area is 119 Å². The Morgan fingerprint density at radius 1 is 0.762 bits per heavy atom. The molecule has 4 heteroatoms. The fourth-order valence-electron chi connectivity index (χ4n) is 2.41. The van der Waals surface area contributed by atoms with Gasteiger partial charge in [-0.2, -0.15) is 13.2 Å². The zero-order chi connectivity index (χ0) is 15.0. The second-order valence-corrected chi connectivity index (χ2v) is 4.86. The van der Waals surface area contributed by atoms with Crippen LogP contribution in [-0.2, 0) is 6.18 Å². The standard InChI is InChI=1S/C17H12F3N/c18-17(19,20)16-4-2-1-3-15(16)13-6-5-12-10-14(21)8-7-11(12)9-13/h1-10H,21H2. The number of alkyl halides is 3. The maximum Gasteiger partial charge on any atom is 0.417 e. The lowest BCUT2D eigenvalue weighted by Crippen LogP contribution is -2.06. The van der Waals surface area contributed by atoms with Gasteiger partial charge in [-0.3, -0.25) is 0 Å². The molecule has 3 aromatic carbocycles. The molecule has 0 amide bonds. The molecule has 21 heavy (non-hydrogen) atoms. The van der Waals surface area contributed by atoms with Crippen LogP contribution in [0.3, 0.4) is 0 Å². The van der Waals surface area contributed by atoms with Gasteiger partial charge in [0.15, 0.2) is 0 Å². The van der Waals surface area contributed by atoms with Crippen LogP contribution >= 0.6 is 0 Å². The van der Waals surface area contributed by atoms with Gasteiger partial charge in [0.2, 0.25) is 0 Å². The summed E-state index contributed by atoms with van der Waals surface area (Å²) in [6.07, 6.45) is -4.37. The van der Waals surface area contributed by atoms with Gasteiger partial charge in [0, 0.05) is 5.69 Å². The summed E-state index contributed by atoms with van der Waals surface area (Å²) < 4.78 is 39.3. The molecule has 0 aliphatic rings. The van der Waals surface area contributed by atoms with Crippen molar-refractivity contribution < 1.29 is 13.2 Å². The second-order valence-electron chi connectivity index (χ2n) is 4.86. The minimum atomic E-state index is -4.37. The lowest BCUT2D eigenvalue weighted by atomic mass is 9.97. The predicted molar refractivity (Wildman–Crippen MR) is 78.8 cm³/mol. The smallest absolute Gasteiger partial charge is 0.399 e. The highest BCUT2D eigenvalue weighted by Gasteiger charge is 2.33. The van der Waals surface area contributed by atoms with E-state index in [0.29, 0.717) is 11.3 Å². The number of rotatable bonds is 1. The highest BCUT2D eigenvalue weighted by atomic mass is 19.4. The SMILES string of the molecule is Nc1ccc2cc(-c3ccccc3C(F)(F)F)ccc2c1. The molecule has 0 saturated heterocycles. The monoisotopic (exact) mass is 287 g/mol. The summed E-state index contributed by atoms with van der Waals surface area (Å²) in [5.74, 6) is 0. The molecule has 3 aromatic rings. The van der Waals surface area contributed by atoms with E-state index in [1.807, 2.05) is 6.07 Å². The number of halogens is 3. The van der Waals surface area contributed by atoms with Gasteiger partial charge in [0.25, 0.3) is 0 Å². The van der Waals surface area contributed by atoms with Crippen molar-refractivity contribution in [3.63, 3.8) is 0 Å². The molecule has 0 heterocycles. The molecule has 0 unspecified atom stereocenters. The summed E-state index contributed by atoms with van der Waals surface area (Å²) in [5.41, 5.74) is 6.44. The van der Waals surface area contributed by atoms with Gasteiger partial charge in [0.1, 0.15) is 0 Å². The van der Waals surface area contributed by atoms with Crippen molar-refractivity contribution in [3.05, 3.63) is 66.2 Å². The third kappa shape index (κ3) is 2.57. The molecule has 0 radical (unpaired) electrons. The van der Waals surface area contributed by atoms with Crippen LogP contribution in [0.15, 0.2) is 60.7 Å². The van der Waals surface area contributed by atoms with Gasteiger partial charge in [0.05, 0.1) is 5.56 Å². The van der Waals surface area contributed by atoms with Crippen LogP contribution in [0.4, 0.5) is 18.9 Å². The third-order valence-corrected chi connectivity index (χ3v) is 3.41. The molecule has 2 N–H and O–H groups in total. The molecule has 106 valence electrons. The first kappa shape index (κ1) is 13.5. The van der Waals surface area contributed by atoms with Crippen LogP contribution in [0.1, 0.15) is 5.56 Å². The van der Waals surface area contributed by atoms with Crippen molar-refractivity contribution in [2.75, 3.05) is 5.73 Å². The van der Waals surface area contributed by atoms with Crippen molar-refractivity contribution in [1.82, 2.24) is 0 Å². The Morgan fingerprint density at radius 2 is 1.43 bits per heavy atom. The number of benzene rings is 3. The van der Waals surface area contributed by atoms with Crippen LogP contribution < -0.4 is 5.73 Å². The number of hydrogen-bond donors (Lipinski definition) is 1. The molecule has 0 aliphatic heterocycles. The van der Waals surface area contributed by atoms with E-state index in [1.54, 1.807) is 36.4 Å². The Kier molecular flexibility index (Phi) is 3.09. The zero-order valence-electron chi connectivity index (χ0n) is 11.0. The van der Waals surface area contributed by atoms with E-state index in [-0.39, 0.29) is 5.56 Å². The molecule has 0 aromatic heterocycles. The van der Waals surface area contributed by atoms with Gasteiger partial charge in [-0.15, -0.1) is 0 Å². The summed E-state index contributed by atoms with van der Waals surface area (Å²) in [6, 6.07) is 16.2. The van der Waals surface area contributed by atoms with Crippen molar-refractivity contribution in [1.29, 1.82) is 0 Å². The van der Waals surface area contributed by atoms with Crippen LogP contribution in [0.2, 0.25) is 0 Å². The Balaban J connectivity index is 2.19. The maximum absolute atomic E-state index is 13.1. The second kappa shape index (κ2) is 4.81. The molecule has 0 aliphatic carbocycles. The van der Waals surface area contributed by atoms with Gasteiger partial charge in [-0.25, -0.2) is 0 Å². The largest absolute Gasteiger partial charge is 0.417 e. The van der Waals surface area contributed by atoms with E-state index in [4.69, 9.17) is 5.73 Å². The van der Waals surface area contributed by atoms with Gasteiger partial charge < -0.3 is 5.73 Å². The van der Waals surface area contributed by atoms with Crippen LogP contribution in [0.25, 0.3) is 21.9 Å². The topological polar surface area (TPSA) is 26.0 Å². The summed E-state index contributed by atoms with van der Waals surface area (Å²) in [6.45, 7) is 0. The number of hydrogen-bond acceptors (Lipinski definition) is 1. The summed E-state index contributed by atoms with van der Waals surface area (Å²) in [7, 11) is 0. The number of anilines is 1. The molecule has 0 saturated carbocycles. The van der Waals surface area contributed by atoms with Crippen LogP contribution in [0, 0.1) is 0 Å². The lowest BCUT2D eigenvalue weighted by molar-refractivity contribution is -0.137. The summed E-state index contributed by atoms with van der Waals surface area (Å²) in [4.78, 5) is 0. The van der Waals surface area contributed by atoms with Gasteiger partial charge >= 0.3 is 6.18 Å². The normalized spacial score (nSPS) is 11.8. The summed E-state index contributed by atoms with van der Waals surface area (Å²) >= 11 is 0. The van der Waals surface area contributed by atoms with Gasteiger partial charge in [-0.1, -0.05) is 36.4 Å². The molecule has 0 atom stereocenters. The Hall–Kier alpha value is -2.49.